The number of nitrogens with one attached hydrogen (secondary N) is 2. The predicted molar refractivity (Wildman–Crippen MR) is 119 cm³/mol. The minimum absolute atomic E-state index is 0.340. The summed E-state index contributed by atoms with van der Waals surface area (Å²) in [7, 11) is 3.55. The maximum Gasteiger partial charge on any atom is 0.191 e. The van der Waals surface area contributed by atoms with E-state index in [4.69, 9.17) is 9.47 Å². The molecule has 0 amide bonds. The zero-order chi connectivity index (χ0) is 20.3. The average molecular weight is 403 g/mol. The zero-order valence-electron chi connectivity index (χ0n) is 18.2. The van der Waals surface area contributed by atoms with Crippen LogP contribution in [0.15, 0.2) is 29.3 Å². The molecule has 0 spiro atoms. The lowest BCUT2D eigenvalue weighted by Gasteiger charge is -2.29. The fourth-order valence-electron chi connectivity index (χ4n) is 4.34. The topological polar surface area (TPSA) is 58.1 Å². The number of hydrogen-bond donors (Lipinski definition) is 2. The fourth-order valence-corrected chi connectivity index (χ4v) is 4.34. The van der Waals surface area contributed by atoms with Crippen LogP contribution in [0.25, 0.3) is 0 Å². The van der Waals surface area contributed by atoms with Crippen molar-refractivity contribution in [3.63, 3.8) is 0 Å². The van der Waals surface area contributed by atoms with Crippen LogP contribution >= 0.6 is 0 Å². The van der Waals surface area contributed by atoms with Gasteiger partial charge < -0.3 is 20.1 Å². The molecule has 1 aromatic rings. The lowest BCUT2D eigenvalue weighted by Crippen LogP contribution is -2.43. The molecule has 1 unspecified atom stereocenters. The molecule has 2 aliphatic rings. The van der Waals surface area contributed by atoms with E-state index in [1.165, 1.54) is 44.1 Å². The third-order valence-electron chi connectivity index (χ3n) is 6.04. The molecule has 1 saturated heterocycles. The number of guanidine groups is 1. The van der Waals surface area contributed by atoms with E-state index in [1.807, 2.05) is 7.05 Å². The van der Waals surface area contributed by atoms with E-state index in [2.05, 4.69) is 44.8 Å². The largest absolute Gasteiger partial charge is 0.497 e. The molecule has 162 valence electrons. The summed E-state index contributed by atoms with van der Waals surface area (Å²) in [5.74, 6) is 1.77. The third-order valence-corrected chi connectivity index (χ3v) is 6.04. The van der Waals surface area contributed by atoms with Gasteiger partial charge in [0.2, 0.25) is 0 Å². The van der Waals surface area contributed by atoms with E-state index >= 15 is 0 Å². The summed E-state index contributed by atoms with van der Waals surface area (Å²) in [6, 6.07) is 8.80. The van der Waals surface area contributed by atoms with Crippen LogP contribution in [-0.2, 0) is 4.74 Å². The van der Waals surface area contributed by atoms with Gasteiger partial charge in [0.05, 0.1) is 19.3 Å². The van der Waals surface area contributed by atoms with Crippen molar-refractivity contribution < 1.29 is 9.47 Å². The molecule has 2 N–H and O–H groups in total. The molecule has 1 atom stereocenters. The normalized spacial score (nSPS) is 19.4. The van der Waals surface area contributed by atoms with Crippen molar-refractivity contribution in [2.75, 3.05) is 46.9 Å². The van der Waals surface area contributed by atoms with Gasteiger partial charge in [-0.3, -0.25) is 9.89 Å². The quantitative estimate of drug-likeness (QED) is 0.357. The van der Waals surface area contributed by atoms with Gasteiger partial charge >= 0.3 is 0 Å². The smallest absolute Gasteiger partial charge is 0.191 e. The van der Waals surface area contributed by atoms with Crippen molar-refractivity contribution >= 4 is 5.96 Å². The van der Waals surface area contributed by atoms with E-state index in [1.54, 1.807) is 7.11 Å². The number of nitrogens with zero attached hydrogens (tertiary/aromatic N) is 2. The first-order chi connectivity index (χ1) is 14.3. The predicted octanol–water partition coefficient (Wildman–Crippen LogP) is 3.35. The van der Waals surface area contributed by atoms with Gasteiger partial charge in [-0.15, -0.1) is 0 Å². The lowest BCUT2D eigenvalue weighted by molar-refractivity contribution is 0.0574. The first-order valence-electron chi connectivity index (χ1n) is 11.2. The first-order valence-corrected chi connectivity index (χ1v) is 11.2. The molecule has 2 fully saturated rings. The summed E-state index contributed by atoms with van der Waals surface area (Å²) in [5.41, 5.74) is 1.32. The highest BCUT2D eigenvalue weighted by atomic mass is 16.5. The summed E-state index contributed by atoms with van der Waals surface area (Å²) in [6.07, 6.45) is 9.18. The van der Waals surface area contributed by atoms with E-state index < -0.39 is 0 Å². The van der Waals surface area contributed by atoms with Crippen molar-refractivity contribution in [1.82, 2.24) is 15.5 Å². The highest BCUT2D eigenvalue weighted by molar-refractivity contribution is 5.79. The first kappa shape index (κ1) is 21.9. The van der Waals surface area contributed by atoms with Crippen molar-refractivity contribution in [3.05, 3.63) is 29.8 Å². The van der Waals surface area contributed by atoms with E-state index in [0.29, 0.717) is 12.1 Å². The lowest BCUT2D eigenvalue weighted by atomic mass is 10.1. The summed E-state index contributed by atoms with van der Waals surface area (Å²) in [6.45, 7) is 4.86. The maximum absolute atomic E-state index is 5.94. The van der Waals surface area contributed by atoms with E-state index in [-0.39, 0.29) is 0 Å². The van der Waals surface area contributed by atoms with Crippen LogP contribution in [0.1, 0.15) is 56.6 Å². The fraction of sp³-hybridized carbons (Fsp3) is 0.696. The Morgan fingerprint density at radius 3 is 2.48 bits per heavy atom. The second-order valence-corrected chi connectivity index (χ2v) is 8.04. The molecule has 1 saturated carbocycles. The monoisotopic (exact) mass is 402 g/mol. The number of aliphatic imine (C=N–C) groups is 1. The van der Waals surface area contributed by atoms with Crippen LogP contribution in [0.3, 0.4) is 0 Å². The minimum atomic E-state index is 0.340. The Kier molecular flexibility index (Phi) is 9.09. The summed E-state index contributed by atoms with van der Waals surface area (Å²) < 4.78 is 11.3. The molecule has 0 radical (unpaired) electrons. The molecule has 1 heterocycles. The van der Waals surface area contributed by atoms with Gasteiger partial charge in [0.25, 0.3) is 0 Å². The van der Waals surface area contributed by atoms with Gasteiger partial charge in [0.15, 0.2) is 5.96 Å². The summed E-state index contributed by atoms with van der Waals surface area (Å²) in [5, 5.41) is 6.96. The Balaban J connectivity index is 1.45. The molecule has 3 rings (SSSR count). The number of ether oxygens (including phenoxy) is 2. The number of hydrogen-bond acceptors (Lipinski definition) is 4. The van der Waals surface area contributed by atoms with Gasteiger partial charge in [-0.05, 0) is 62.9 Å². The van der Waals surface area contributed by atoms with Crippen molar-refractivity contribution in [2.45, 2.75) is 57.1 Å². The van der Waals surface area contributed by atoms with Gasteiger partial charge in [0.1, 0.15) is 5.75 Å². The maximum atomic E-state index is 5.94. The Labute approximate surface area is 176 Å². The number of methoxy groups -OCH3 is 1. The van der Waals surface area contributed by atoms with Crippen LogP contribution in [0.5, 0.6) is 5.75 Å². The van der Waals surface area contributed by atoms with Gasteiger partial charge in [-0.2, -0.15) is 0 Å². The minimum Gasteiger partial charge on any atom is -0.497 e. The number of benzene rings is 1. The van der Waals surface area contributed by atoms with Crippen LogP contribution in [-0.4, -0.2) is 63.9 Å². The van der Waals surface area contributed by atoms with Crippen LogP contribution in [0.2, 0.25) is 0 Å². The van der Waals surface area contributed by atoms with E-state index in [9.17, 15) is 0 Å². The molecule has 29 heavy (non-hydrogen) atoms. The van der Waals surface area contributed by atoms with Gasteiger partial charge in [0, 0.05) is 26.7 Å². The SMILES string of the molecule is CN=C(NCCCOC1CCCC1)NCC(c1ccc(OC)cc1)N1CCCC1. The molecular formula is C23H38N4O2. The Morgan fingerprint density at radius 1 is 1.10 bits per heavy atom. The average Bonchev–Trinajstić information content (AvgIpc) is 3.47. The zero-order valence-corrected chi connectivity index (χ0v) is 18.2. The van der Waals surface area contributed by atoms with Gasteiger partial charge in [-0.25, -0.2) is 0 Å². The van der Waals surface area contributed by atoms with Crippen LogP contribution in [0.4, 0.5) is 0 Å². The molecular weight excluding hydrogens is 364 g/mol. The second kappa shape index (κ2) is 12.0. The van der Waals surface area contributed by atoms with Gasteiger partial charge in [-0.1, -0.05) is 25.0 Å². The molecule has 1 aliphatic carbocycles. The number of rotatable bonds is 10. The number of likely N-dealkylation sites (tertiary alicyclic amines) is 1. The molecule has 6 heteroatoms. The molecule has 0 bridgehead atoms. The highest BCUT2D eigenvalue weighted by Gasteiger charge is 2.23. The van der Waals surface area contributed by atoms with Crippen molar-refractivity contribution in [1.29, 1.82) is 0 Å². The summed E-state index contributed by atoms with van der Waals surface area (Å²) >= 11 is 0. The Morgan fingerprint density at radius 2 is 1.83 bits per heavy atom. The van der Waals surface area contributed by atoms with E-state index in [0.717, 1.165) is 50.9 Å². The summed E-state index contributed by atoms with van der Waals surface area (Å²) in [4.78, 5) is 6.96. The molecule has 6 nitrogen and oxygen atoms in total. The van der Waals surface area contributed by atoms with Crippen molar-refractivity contribution in [2.24, 2.45) is 4.99 Å². The Bertz CT molecular complexity index is 608. The van der Waals surface area contributed by atoms with Crippen LogP contribution in [0, 0.1) is 0 Å². The molecule has 1 aromatic carbocycles. The van der Waals surface area contributed by atoms with Crippen LogP contribution < -0.4 is 15.4 Å². The third kappa shape index (κ3) is 6.89. The highest BCUT2D eigenvalue weighted by Crippen LogP contribution is 2.26. The second-order valence-electron chi connectivity index (χ2n) is 8.04. The van der Waals surface area contributed by atoms with Crippen molar-refractivity contribution in [3.8, 4) is 5.75 Å². The molecule has 0 aromatic heterocycles. The standard InChI is InChI=1S/C23H38N4O2/c1-24-23(25-14-7-17-29-21-8-3-4-9-21)26-18-22(27-15-5-6-16-27)19-10-12-20(28-2)13-11-19/h10-13,21-22H,3-9,14-18H2,1-2H3,(H2,24,25,26). The Hall–Kier alpha value is -1.79. The molecule has 1 aliphatic heterocycles.